The molecule has 0 saturated carbocycles. The lowest BCUT2D eigenvalue weighted by molar-refractivity contribution is 0.102. The molecule has 2 rings (SSSR count). The zero-order valence-corrected chi connectivity index (χ0v) is 13.2. The molecule has 1 amide bonds. The second kappa shape index (κ2) is 5.50. The zero-order chi connectivity index (χ0) is 13.3. The van der Waals surface area contributed by atoms with Gasteiger partial charge < -0.3 is 5.32 Å². The number of halogens is 3. The number of amides is 1. The van der Waals surface area contributed by atoms with Crippen LogP contribution in [0, 0.1) is 12.7 Å². The molecule has 0 aliphatic carbocycles. The van der Waals surface area contributed by atoms with Crippen molar-refractivity contribution < 1.29 is 9.18 Å². The van der Waals surface area contributed by atoms with Gasteiger partial charge in [-0.2, -0.15) is 0 Å². The number of anilines is 1. The molecule has 0 spiro atoms. The van der Waals surface area contributed by atoms with Crippen molar-refractivity contribution in [3.8, 4) is 0 Å². The van der Waals surface area contributed by atoms with Gasteiger partial charge in [0, 0.05) is 5.69 Å². The molecule has 0 atom stereocenters. The Morgan fingerprint density at radius 1 is 1.33 bits per heavy atom. The second-order valence-corrected chi connectivity index (χ2v) is 7.40. The van der Waals surface area contributed by atoms with Gasteiger partial charge in [-0.1, -0.05) is 6.07 Å². The molecule has 0 aliphatic heterocycles. The van der Waals surface area contributed by atoms with Gasteiger partial charge >= 0.3 is 0 Å². The van der Waals surface area contributed by atoms with Crippen molar-refractivity contribution in [3.05, 3.63) is 48.8 Å². The Balaban J connectivity index is 2.26. The lowest BCUT2D eigenvalue weighted by Crippen LogP contribution is -2.12. The van der Waals surface area contributed by atoms with Gasteiger partial charge in [-0.15, -0.1) is 11.3 Å². The fourth-order valence-corrected chi connectivity index (χ4v) is 4.21. The second-order valence-electron chi connectivity index (χ2n) is 3.65. The highest BCUT2D eigenvalue weighted by Crippen LogP contribution is 2.32. The lowest BCUT2D eigenvalue weighted by atomic mass is 10.2. The Morgan fingerprint density at radius 3 is 2.67 bits per heavy atom. The number of aryl methyl sites for hydroxylation is 1. The predicted molar refractivity (Wildman–Crippen MR) is 78.8 cm³/mol. The van der Waals surface area contributed by atoms with E-state index >= 15 is 0 Å². The molecule has 0 saturated heterocycles. The van der Waals surface area contributed by atoms with Crippen molar-refractivity contribution in [1.82, 2.24) is 0 Å². The molecular weight excluding hydrogens is 385 g/mol. The van der Waals surface area contributed by atoms with Gasteiger partial charge in [-0.25, -0.2) is 4.39 Å². The first-order valence-corrected chi connectivity index (χ1v) is 7.40. The van der Waals surface area contributed by atoms with E-state index in [2.05, 4.69) is 37.2 Å². The van der Waals surface area contributed by atoms with E-state index in [4.69, 9.17) is 0 Å². The summed E-state index contributed by atoms with van der Waals surface area (Å²) in [6.07, 6.45) is 0. The van der Waals surface area contributed by atoms with E-state index in [0.717, 1.165) is 13.1 Å². The normalized spacial score (nSPS) is 10.4. The minimum atomic E-state index is -0.374. The van der Waals surface area contributed by atoms with Gasteiger partial charge in [-0.05, 0) is 62.5 Å². The molecular formula is C12H8Br2FNOS. The summed E-state index contributed by atoms with van der Waals surface area (Å²) in [6.45, 7) is 1.81. The van der Waals surface area contributed by atoms with Gasteiger partial charge in [0.15, 0.2) is 0 Å². The van der Waals surface area contributed by atoms with Crippen LogP contribution in [-0.4, -0.2) is 5.91 Å². The monoisotopic (exact) mass is 391 g/mol. The topological polar surface area (TPSA) is 29.1 Å². The smallest absolute Gasteiger partial charge is 0.257 e. The molecule has 0 unspecified atom stereocenters. The number of carbonyl (C=O) groups is 1. The Bertz CT molecular complexity index is 612. The maximum Gasteiger partial charge on any atom is 0.257 e. The van der Waals surface area contributed by atoms with Gasteiger partial charge in [0.05, 0.1) is 13.1 Å². The van der Waals surface area contributed by atoms with Gasteiger partial charge in [-0.3, -0.25) is 4.79 Å². The van der Waals surface area contributed by atoms with Crippen LogP contribution in [0.3, 0.4) is 0 Å². The third-order valence-corrected chi connectivity index (χ3v) is 4.69. The fourth-order valence-electron chi connectivity index (χ4n) is 1.41. The number of nitrogens with one attached hydrogen (secondary N) is 1. The van der Waals surface area contributed by atoms with E-state index in [1.54, 1.807) is 12.1 Å². The van der Waals surface area contributed by atoms with Crippen molar-refractivity contribution in [3.63, 3.8) is 0 Å². The molecule has 1 aromatic carbocycles. The van der Waals surface area contributed by atoms with Crippen LogP contribution in [0.2, 0.25) is 0 Å². The van der Waals surface area contributed by atoms with E-state index in [9.17, 15) is 9.18 Å². The quantitative estimate of drug-likeness (QED) is 0.767. The number of hydrogen-bond donors (Lipinski definition) is 1. The SMILES string of the molecule is Cc1ccc(F)cc1NC(=O)c1cc(Br)sc1Br. The third kappa shape index (κ3) is 2.99. The lowest BCUT2D eigenvalue weighted by Gasteiger charge is -2.07. The average Bonchev–Trinajstić information content (AvgIpc) is 2.63. The first-order valence-electron chi connectivity index (χ1n) is 4.99. The minimum absolute atomic E-state index is 0.266. The maximum atomic E-state index is 13.1. The number of rotatable bonds is 2. The minimum Gasteiger partial charge on any atom is -0.322 e. The van der Waals surface area contributed by atoms with Crippen molar-refractivity contribution in [2.24, 2.45) is 0 Å². The Hall–Kier alpha value is -0.720. The van der Waals surface area contributed by atoms with E-state index in [1.165, 1.54) is 23.5 Å². The van der Waals surface area contributed by atoms with Crippen LogP contribution < -0.4 is 5.32 Å². The number of thiophene rings is 1. The highest BCUT2D eigenvalue weighted by molar-refractivity contribution is 9.12. The fraction of sp³-hybridized carbons (Fsp3) is 0.0833. The summed E-state index contributed by atoms with van der Waals surface area (Å²) in [5, 5.41) is 2.70. The first-order chi connectivity index (χ1) is 8.47. The van der Waals surface area contributed by atoms with Crippen LogP contribution in [0.5, 0.6) is 0 Å². The number of hydrogen-bond acceptors (Lipinski definition) is 2. The molecule has 18 heavy (non-hydrogen) atoms. The number of carbonyl (C=O) groups excluding carboxylic acids is 1. The highest BCUT2D eigenvalue weighted by atomic mass is 79.9. The molecule has 1 aromatic heterocycles. The van der Waals surface area contributed by atoms with E-state index < -0.39 is 0 Å². The van der Waals surface area contributed by atoms with Crippen molar-refractivity contribution >= 4 is 54.8 Å². The molecule has 0 fully saturated rings. The molecule has 6 heteroatoms. The summed E-state index contributed by atoms with van der Waals surface area (Å²) in [7, 11) is 0. The van der Waals surface area contributed by atoms with Crippen LogP contribution in [0.1, 0.15) is 15.9 Å². The Morgan fingerprint density at radius 2 is 2.06 bits per heavy atom. The molecule has 1 heterocycles. The number of benzene rings is 1. The molecule has 1 N–H and O–H groups in total. The highest BCUT2D eigenvalue weighted by Gasteiger charge is 2.14. The summed E-state index contributed by atoms with van der Waals surface area (Å²) < 4.78 is 14.7. The van der Waals surface area contributed by atoms with Crippen LogP contribution in [0.4, 0.5) is 10.1 Å². The zero-order valence-electron chi connectivity index (χ0n) is 9.26. The maximum absolute atomic E-state index is 13.1. The molecule has 94 valence electrons. The van der Waals surface area contributed by atoms with E-state index in [-0.39, 0.29) is 11.7 Å². The van der Waals surface area contributed by atoms with Crippen LogP contribution >= 0.6 is 43.2 Å². The van der Waals surface area contributed by atoms with E-state index in [0.29, 0.717) is 11.3 Å². The summed E-state index contributed by atoms with van der Waals surface area (Å²) in [5.41, 5.74) is 1.82. The van der Waals surface area contributed by atoms with Crippen LogP contribution in [0.15, 0.2) is 31.8 Å². The van der Waals surface area contributed by atoms with Gasteiger partial charge in [0.2, 0.25) is 0 Å². The van der Waals surface area contributed by atoms with E-state index in [1.807, 2.05) is 6.92 Å². The van der Waals surface area contributed by atoms with Crippen LogP contribution in [0.25, 0.3) is 0 Å². The summed E-state index contributed by atoms with van der Waals surface area (Å²) in [6, 6.07) is 6.02. The summed E-state index contributed by atoms with van der Waals surface area (Å²) in [5.74, 6) is -0.640. The Kier molecular flexibility index (Phi) is 4.19. The third-order valence-electron chi connectivity index (χ3n) is 2.35. The standard InChI is InChI=1S/C12H8Br2FNOS/c1-6-2-3-7(15)4-9(6)16-12(17)8-5-10(13)18-11(8)14/h2-5H,1H3,(H,16,17). The predicted octanol–water partition coefficient (Wildman–Crippen LogP) is 4.97. The first kappa shape index (κ1) is 13.7. The van der Waals surface area contributed by atoms with Gasteiger partial charge in [0.1, 0.15) is 5.82 Å². The molecule has 0 aliphatic rings. The average molecular weight is 393 g/mol. The largest absolute Gasteiger partial charge is 0.322 e. The molecule has 2 nitrogen and oxygen atoms in total. The molecule has 0 bridgehead atoms. The van der Waals surface area contributed by atoms with Crippen molar-refractivity contribution in [2.75, 3.05) is 5.32 Å². The summed E-state index contributed by atoms with van der Waals surface area (Å²) >= 11 is 8.04. The Labute approximate surface area is 124 Å². The van der Waals surface area contributed by atoms with Crippen molar-refractivity contribution in [2.45, 2.75) is 6.92 Å². The van der Waals surface area contributed by atoms with Gasteiger partial charge in [0.25, 0.3) is 5.91 Å². The van der Waals surface area contributed by atoms with Crippen molar-refractivity contribution in [1.29, 1.82) is 0 Å². The molecule has 0 radical (unpaired) electrons. The van der Waals surface area contributed by atoms with Crippen LogP contribution in [-0.2, 0) is 0 Å². The summed E-state index contributed by atoms with van der Waals surface area (Å²) in [4.78, 5) is 12.0. The molecule has 2 aromatic rings.